The predicted molar refractivity (Wildman–Crippen MR) is 90.4 cm³/mol. The van der Waals surface area contributed by atoms with Crippen LogP contribution in [-0.2, 0) is 17.8 Å². The Morgan fingerprint density at radius 1 is 1.29 bits per heavy atom. The molecule has 130 valence electrons. The smallest absolute Gasteiger partial charge is 0.117 e. The molecule has 0 spiro atoms. The van der Waals surface area contributed by atoms with Gasteiger partial charge in [-0.3, -0.25) is 9.80 Å². The Morgan fingerprint density at radius 2 is 2.25 bits per heavy atom. The van der Waals surface area contributed by atoms with Crippen LogP contribution >= 0.6 is 0 Å². The maximum Gasteiger partial charge on any atom is 0.117 e. The summed E-state index contributed by atoms with van der Waals surface area (Å²) in [5, 5.41) is 0. The van der Waals surface area contributed by atoms with Crippen LogP contribution in [0.5, 0.6) is 0 Å². The lowest BCUT2D eigenvalue weighted by Crippen LogP contribution is -2.44. The molecule has 2 saturated heterocycles. The first-order chi connectivity index (χ1) is 11.8. The second-order valence-corrected chi connectivity index (χ2v) is 7.23. The third-order valence-electron chi connectivity index (χ3n) is 5.38. The summed E-state index contributed by atoms with van der Waals surface area (Å²) in [5.41, 5.74) is 1.26. The number of rotatable bonds is 6. The molecule has 0 amide bonds. The summed E-state index contributed by atoms with van der Waals surface area (Å²) in [5.74, 6) is 2.36. The van der Waals surface area contributed by atoms with Crippen LogP contribution in [0.2, 0.25) is 0 Å². The third-order valence-corrected chi connectivity index (χ3v) is 5.38. The molecule has 3 atom stereocenters. The number of likely N-dealkylation sites (N-methyl/N-ethyl adjacent to an activating group) is 1. The molecule has 2 aliphatic heterocycles. The zero-order valence-corrected chi connectivity index (χ0v) is 14.3. The number of furan rings is 2. The summed E-state index contributed by atoms with van der Waals surface area (Å²) in [6.45, 7) is 5.97. The Bertz CT molecular complexity index is 611. The van der Waals surface area contributed by atoms with Crippen molar-refractivity contribution in [2.45, 2.75) is 25.6 Å². The summed E-state index contributed by atoms with van der Waals surface area (Å²) >= 11 is 0. The molecule has 0 aromatic carbocycles. The molecule has 0 unspecified atom stereocenters. The number of likely N-dealkylation sites (tertiary alicyclic amines) is 1. The van der Waals surface area contributed by atoms with Crippen molar-refractivity contribution in [1.82, 2.24) is 9.80 Å². The molecule has 5 nitrogen and oxygen atoms in total. The highest BCUT2D eigenvalue weighted by Crippen LogP contribution is 2.35. The Kier molecular flexibility index (Phi) is 4.74. The van der Waals surface area contributed by atoms with E-state index in [0.29, 0.717) is 17.9 Å². The van der Waals surface area contributed by atoms with Crippen molar-refractivity contribution in [2.24, 2.45) is 11.8 Å². The minimum Gasteiger partial charge on any atom is -0.472 e. The van der Waals surface area contributed by atoms with E-state index in [-0.39, 0.29) is 0 Å². The largest absolute Gasteiger partial charge is 0.472 e. The van der Waals surface area contributed by atoms with Gasteiger partial charge in [0.1, 0.15) is 5.76 Å². The van der Waals surface area contributed by atoms with E-state index in [1.54, 1.807) is 12.5 Å². The van der Waals surface area contributed by atoms with Crippen molar-refractivity contribution in [1.29, 1.82) is 0 Å². The van der Waals surface area contributed by atoms with Crippen LogP contribution in [0.25, 0.3) is 0 Å². The molecule has 0 N–H and O–H groups in total. The Hall–Kier alpha value is -1.56. The van der Waals surface area contributed by atoms with Crippen molar-refractivity contribution in [3.8, 4) is 0 Å². The van der Waals surface area contributed by atoms with Crippen LogP contribution in [0, 0.1) is 11.8 Å². The fourth-order valence-corrected chi connectivity index (χ4v) is 4.11. The van der Waals surface area contributed by atoms with Crippen molar-refractivity contribution in [3.05, 3.63) is 48.3 Å². The van der Waals surface area contributed by atoms with Crippen molar-refractivity contribution in [3.63, 3.8) is 0 Å². The molecule has 2 fully saturated rings. The first-order valence-corrected chi connectivity index (χ1v) is 8.84. The molecule has 24 heavy (non-hydrogen) atoms. The minimum atomic E-state index is 0.321. The number of ether oxygens (including phenoxy) is 1. The molecule has 0 aliphatic carbocycles. The third kappa shape index (κ3) is 3.58. The van der Waals surface area contributed by atoms with Crippen molar-refractivity contribution >= 4 is 0 Å². The summed E-state index contributed by atoms with van der Waals surface area (Å²) in [4.78, 5) is 4.85. The topological polar surface area (TPSA) is 42.0 Å². The fourth-order valence-electron chi connectivity index (χ4n) is 4.11. The monoisotopic (exact) mass is 330 g/mol. The van der Waals surface area contributed by atoms with Crippen LogP contribution in [0.1, 0.15) is 17.7 Å². The molecule has 0 radical (unpaired) electrons. The number of piperidine rings is 1. The normalized spacial score (nSPS) is 27.7. The highest BCUT2D eigenvalue weighted by Gasteiger charge is 2.41. The van der Waals surface area contributed by atoms with Crippen LogP contribution in [0.4, 0.5) is 0 Å². The van der Waals surface area contributed by atoms with Crippen molar-refractivity contribution < 1.29 is 13.6 Å². The summed E-state index contributed by atoms with van der Waals surface area (Å²) < 4.78 is 16.8. The fraction of sp³-hybridized carbons (Fsp3) is 0.579. The van der Waals surface area contributed by atoms with Crippen molar-refractivity contribution in [2.75, 3.05) is 33.3 Å². The van der Waals surface area contributed by atoms with Gasteiger partial charge in [0, 0.05) is 31.1 Å². The number of hydrogen-bond donors (Lipinski definition) is 0. The van der Waals surface area contributed by atoms with E-state index in [0.717, 1.165) is 45.1 Å². The summed E-state index contributed by atoms with van der Waals surface area (Å²) in [6, 6.07) is 6.04. The SMILES string of the molecule is CN(Cc1ccco1)C[C@@H]1OC[C@H]2CCN(Cc3ccoc3)C[C@H]21. The van der Waals surface area contributed by atoms with Gasteiger partial charge >= 0.3 is 0 Å². The zero-order valence-electron chi connectivity index (χ0n) is 14.3. The van der Waals surface area contributed by atoms with E-state index >= 15 is 0 Å². The van der Waals surface area contributed by atoms with Gasteiger partial charge < -0.3 is 13.6 Å². The molecule has 0 bridgehead atoms. The number of fused-ring (bicyclic) bond motifs is 1. The van der Waals surface area contributed by atoms with Gasteiger partial charge in [0.25, 0.3) is 0 Å². The Balaban J connectivity index is 1.33. The van der Waals surface area contributed by atoms with Gasteiger partial charge in [-0.25, -0.2) is 0 Å². The quantitative estimate of drug-likeness (QED) is 0.815. The van der Waals surface area contributed by atoms with Gasteiger partial charge in [-0.2, -0.15) is 0 Å². The molecular formula is C19H26N2O3. The molecular weight excluding hydrogens is 304 g/mol. The molecule has 5 heteroatoms. The average molecular weight is 330 g/mol. The van der Waals surface area contributed by atoms with Crippen LogP contribution < -0.4 is 0 Å². The Morgan fingerprint density at radius 3 is 3.04 bits per heavy atom. The maximum absolute atomic E-state index is 6.16. The maximum atomic E-state index is 6.16. The van der Waals surface area contributed by atoms with Gasteiger partial charge in [0.2, 0.25) is 0 Å². The van der Waals surface area contributed by atoms with E-state index in [9.17, 15) is 0 Å². The molecule has 4 heterocycles. The second-order valence-electron chi connectivity index (χ2n) is 7.23. The lowest BCUT2D eigenvalue weighted by Gasteiger charge is -2.36. The first-order valence-electron chi connectivity index (χ1n) is 8.84. The summed E-state index contributed by atoms with van der Waals surface area (Å²) in [6.07, 6.45) is 6.90. The van der Waals surface area contributed by atoms with E-state index in [4.69, 9.17) is 13.6 Å². The minimum absolute atomic E-state index is 0.321. The molecule has 0 saturated carbocycles. The van der Waals surface area contributed by atoms with Gasteiger partial charge in [-0.15, -0.1) is 0 Å². The van der Waals surface area contributed by atoms with E-state index in [1.807, 2.05) is 18.4 Å². The van der Waals surface area contributed by atoms with E-state index in [1.165, 1.54) is 12.0 Å². The molecule has 4 rings (SSSR count). The van der Waals surface area contributed by atoms with Gasteiger partial charge in [0.15, 0.2) is 0 Å². The van der Waals surface area contributed by atoms with Crippen LogP contribution in [0.3, 0.4) is 0 Å². The molecule has 2 aromatic rings. The van der Waals surface area contributed by atoms with Crippen LogP contribution in [0.15, 0.2) is 45.8 Å². The van der Waals surface area contributed by atoms with E-state index in [2.05, 4.69) is 22.9 Å². The predicted octanol–water partition coefficient (Wildman–Crippen LogP) is 2.84. The van der Waals surface area contributed by atoms with Crippen LogP contribution in [-0.4, -0.2) is 49.2 Å². The highest BCUT2D eigenvalue weighted by molar-refractivity contribution is 5.06. The molecule has 2 aliphatic rings. The summed E-state index contributed by atoms with van der Waals surface area (Å²) in [7, 11) is 2.14. The standard InChI is InChI=1S/C19H26N2O3/c1-20(10-17-3-2-7-23-17)12-19-18-11-21(6-4-16(18)14-24-19)9-15-5-8-22-13-15/h2-3,5,7-8,13,16,18-19H,4,6,9-12,14H2,1H3/t16-,18-,19+/m1/s1. The highest BCUT2D eigenvalue weighted by atomic mass is 16.5. The lowest BCUT2D eigenvalue weighted by molar-refractivity contribution is 0.0459. The number of hydrogen-bond acceptors (Lipinski definition) is 5. The lowest BCUT2D eigenvalue weighted by atomic mass is 9.84. The van der Waals surface area contributed by atoms with Gasteiger partial charge in [-0.05, 0) is 44.1 Å². The first kappa shape index (κ1) is 15.9. The zero-order chi connectivity index (χ0) is 16.4. The average Bonchev–Trinajstić information content (AvgIpc) is 3.31. The van der Waals surface area contributed by atoms with Gasteiger partial charge in [-0.1, -0.05) is 0 Å². The second kappa shape index (κ2) is 7.13. The van der Waals surface area contributed by atoms with Gasteiger partial charge in [0.05, 0.1) is 38.0 Å². The van der Waals surface area contributed by atoms with E-state index < -0.39 is 0 Å². The Labute approximate surface area is 143 Å². The number of nitrogens with zero attached hydrogens (tertiary/aromatic N) is 2. The molecule has 2 aromatic heterocycles.